The lowest BCUT2D eigenvalue weighted by atomic mass is 10.2. The molecular formula is C19H28N2O7S. The van der Waals surface area contributed by atoms with Gasteiger partial charge in [-0.2, -0.15) is 4.31 Å². The first-order chi connectivity index (χ1) is 13.6. The molecule has 1 aromatic rings. The molecule has 0 spiro atoms. The Kier molecular flexibility index (Phi) is 8.14. The van der Waals surface area contributed by atoms with Crippen LogP contribution in [0.3, 0.4) is 0 Å². The molecule has 10 heteroatoms. The molecule has 0 radical (unpaired) electrons. The van der Waals surface area contributed by atoms with E-state index in [0.717, 1.165) is 0 Å². The minimum absolute atomic E-state index is 0.0847. The monoisotopic (exact) mass is 428 g/mol. The topological polar surface area (TPSA) is 111 Å². The number of carbonyl (C=O) groups excluding carboxylic acids is 2. The number of sulfonamides is 1. The molecule has 0 aliphatic carbocycles. The number of morpholine rings is 1. The van der Waals surface area contributed by atoms with Crippen LogP contribution in [-0.2, 0) is 29.0 Å². The number of methoxy groups -OCH3 is 1. The van der Waals surface area contributed by atoms with Gasteiger partial charge in [0.05, 0.1) is 29.3 Å². The van der Waals surface area contributed by atoms with Crippen molar-refractivity contribution in [2.24, 2.45) is 0 Å². The number of carbonyl (C=O) groups is 2. The number of ether oxygens (including phenoxy) is 3. The Morgan fingerprint density at radius 2 is 1.79 bits per heavy atom. The van der Waals surface area contributed by atoms with Crippen LogP contribution in [0.25, 0.3) is 0 Å². The maximum absolute atomic E-state index is 12.8. The maximum Gasteiger partial charge on any atom is 0.338 e. The second kappa shape index (κ2) is 10.1. The van der Waals surface area contributed by atoms with Crippen LogP contribution >= 0.6 is 0 Å². The molecule has 1 fully saturated rings. The van der Waals surface area contributed by atoms with E-state index >= 15 is 0 Å². The highest BCUT2D eigenvalue weighted by Crippen LogP contribution is 2.21. The molecule has 162 valence electrons. The minimum atomic E-state index is -3.69. The maximum atomic E-state index is 12.8. The molecule has 9 nitrogen and oxygen atoms in total. The fourth-order valence-electron chi connectivity index (χ4n) is 3.06. The van der Waals surface area contributed by atoms with Crippen LogP contribution in [0.2, 0.25) is 0 Å². The van der Waals surface area contributed by atoms with Gasteiger partial charge in [-0.05, 0) is 45.0 Å². The Balaban J connectivity index is 1.97. The van der Waals surface area contributed by atoms with E-state index in [0.29, 0.717) is 6.61 Å². The Labute approximate surface area is 171 Å². The SMILES string of the molecule is COCC(C)NC(=O)COC(=O)c1ccc(S(=O)(=O)N2CC(C)OC(C)C2)cc1. The van der Waals surface area contributed by atoms with Crippen molar-refractivity contribution in [1.29, 1.82) is 0 Å². The van der Waals surface area contributed by atoms with Crippen LogP contribution in [0.1, 0.15) is 31.1 Å². The summed E-state index contributed by atoms with van der Waals surface area (Å²) in [5.74, 6) is -1.16. The molecule has 29 heavy (non-hydrogen) atoms. The van der Waals surface area contributed by atoms with Gasteiger partial charge in [-0.25, -0.2) is 13.2 Å². The van der Waals surface area contributed by atoms with Crippen molar-refractivity contribution in [3.63, 3.8) is 0 Å². The average molecular weight is 429 g/mol. The van der Waals surface area contributed by atoms with E-state index in [1.165, 1.54) is 35.7 Å². The van der Waals surface area contributed by atoms with Crippen molar-refractivity contribution in [1.82, 2.24) is 9.62 Å². The first-order valence-electron chi connectivity index (χ1n) is 9.34. The van der Waals surface area contributed by atoms with Gasteiger partial charge in [0.15, 0.2) is 6.61 Å². The Morgan fingerprint density at radius 3 is 2.34 bits per heavy atom. The van der Waals surface area contributed by atoms with E-state index in [1.54, 1.807) is 6.92 Å². The smallest absolute Gasteiger partial charge is 0.338 e. The highest BCUT2D eigenvalue weighted by Gasteiger charge is 2.32. The highest BCUT2D eigenvalue weighted by atomic mass is 32.2. The summed E-state index contributed by atoms with van der Waals surface area (Å²) in [6.07, 6.45) is -0.388. The predicted molar refractivity (Wildman–Crippen MR) is 105 cm³/mol. The molecule has 2 rings (SSSR count). The van der Waals surface area contributed by atoms with Crippen molar-refractivity contribution in [3.8, 4) is 0 Å². The summed E-state index contributed by atoms with van der Waals surface area (Å²) in [7, 11) is -2.17. The van der Waals surface area contributed by atoms with Crippen LogP contribution in [0.4, 0.5) is 0 Å². The number of nitrogens with one attached hydrogen (secondary N) is 1. The van der Waals surface area contributed by atoms with Gasteiger partial charge in [0.25, 0.3) is 5.91 Å². The van der Waals surface area contributed by atoms with Crippen LogP contribution in [0.15, 0.2) is 29.2 Å². The quantitative estimate of drug-likeness (QED) is 0.610. The normalized spacial score (nSPS) is 21.4. The van der Waals surface area contributed by atoms with Gasteiger partial charge in [-0.1, -0.05) is 0 Å². The molecule has 1 saturated heterocycles. The minimum Gasteiger partial charge on any atom is -0.452 e. The Morgan fingerprint density at radius 1 is 1.21 bits per heavy atom. The highest BCUT2D eigenvalue weighted by molar-refractivity contribution is 7.89. The first-order valence-corrected chi connectivity index (χ1v) is 10.8. The molecule has 1 heterocycles. The molecule has 0 bridgehead atoms. The summed E-state index contributed by atoms with van der Waals surface area (Å²) >= 11 is 0. The van der Waals surface area contributed by atoms with E-state index in [9.17, 15) is 18.0 Å². The predicted octanol–water partition coefficient (Wildman–Crippen LogP) is 0.792. The third kappa shape index (κ3) is 6.49. The fraction of sp³-hybridized carbons (Fsp3) is 0.579. The van der Waals surface area contributed by atoms with Crippen molar-refractivity contribution in [2.75, 3.05) is 33.4 Å². The number of hydrogen-bond acceptors (Lipinski definition) is 7. The summed E-state index contributed by atoms with van der Waals surface area (Å²) in [6, 6.07) is 5.25. The molecule has 1 aliphatic heterocycles. The van der Waals surface area contributed by atoms with Gasteiger partial charge in [0.2, 0.25) is 10.0 Å². The zero-order valence-corrected chi connectivity index (χ0v) is 17.9. The van der Waals surface area contributed by atoms with Crippen LogP contribution < -0.4 is 5.32 Å². The van der Waals surface area contributed by atoms with Gasteiger partial charge in [0, 0.05) is 26.2 Å². The Hall–Kier alpha value is -2.01. The lowest BCUT2D eigenvalue weighted by Gasteiger charge is -2.34. The van der Waals surface area contributed by atoms with Gasteiger partial charge < -0.3 is 19.5 Å². The van der Waals surface area contributed by atoms with Crippen molar-refractivity contribution >= 4 is 21.9 Å². The van der Waals surface area contributed by atoms with Crippen LogP contribution in [0.5, 0.6) is 0 Å². The van der Waals surface area contributed by atoms with Gasteiger partial charge in [-0.15, -0.1) is 0 Å². The molecular weight excluding hydrogens is 400 g/mol. The second-order valence-electron chi connectivity index (χ2n) is 7.10. The van der Waals surface area contributed by atoms with E-state index < -0.39 is 28.5 Å². The lowest BCUT2D eigenvalue weighted by molar-refractivity contribution is -0.125. The molecule has 0 aromatic heterocycles. The van der Waals surface area contributed by atoms with Gasteiger partial charge in [-0.3, -0.25) is 4.79 Å². The molecule has 0 saturated carbocycles. The largest absolute Gasteiger partial charge is 0.452 e. The number of rotatable bonds is 8. The fourth-order valence-corrected chi connectivity index (χ4v) is 4.65. The van der Waals surface area contributed by atoms with Crippen LogP contribution in [-0.4, -0.2) is 76.3 Å². The number of benzene rings is 1. The number of amides is 1. The van der Waals surface area contributed by atoms with Crippen molar-refractivity contribution < 1.29 is 32.2 Å². The first kappa shape index (κ1) is 23.3. The average Bonchev–Trinajstić information content (AvgIpc) is 2.65. The standard InChI is InChI=1S/C19H28N2O7S/c1-13(11-26-4)20-18(22)12-27-19(23)16-5-7-17(8-6-16)29(24,25)21-9-14(2)28-15(3)10-21/h5-8,13-15H,9-12H2,1-4H3,(H,20,22). The summed E-state index contributed by atoms with van der Waals surface area (Å²) in [5.41, 5.74) is 0.158. The lowest BCUT2D eigenvalue weighted by Crippen LogP contribution is -2.48. The summed E-state index contributed by atoms with van der Waals surface area (Å²) in [6.45, 7) is 5.86. The van der Waals surface area contributed by atoms with Gasteiger partial charge >= 0.3 is 5.97 Å². The van der Waals surface area contributed by atoms with Crippen molar-refractivity contribution in [3.05, 3.63) is 29.8 Å². The van der Waals surface area contributed by atoms with E-state index in [4.69, 9.17) is 14.2 Å². The molecule has 1 aliphatic rings. The second-order valence-corrected chi connectivity index (χ2v) is 9.04. The van der Waals surface area contributed by atoms with E-state index in [2.05, 4.69) is 5.32 Å². The third-order valence-corrected chi connectivity index (χ3v) is 6.12. The zero-order valence-electron chi connectivity index (χ0n) is 17.1. The summed E-state index contributed by atoms with van der Waals surface area (Å²) < 4.78 is 42.5. The molecule has 1 N–H and O–H groups in total. The number of nitrogens with zero attached hydrogens (tertiary/aromatic N) is 1. The third-order valence-electron chi connectivity index (χ3n) is 4.27. The van der Waals surface area contributed by atoms with Gasteiger partial charge in [0.1, 0.15) is 0 Å². The van der Waals surface area contributed by atoms with Crippen LogP contribution in [0, 0.1) is 0 Å². The van der Waals surface area contributed by atoms with Crippen molar-refractivity contribution in [2.45, 2.75) is 43.9 Å². The molecule has 1 aromatic carbocycles. The Bertz CT molecular complexity index is 800. The number of esters is 1. The van der Waals surface area contributed by atoms with E-state index in [-0.39, 0.29) is 41.8 Å². The molecule has 1 amide bonds. The summed E-state index contributed by atoms with van der Waals surface area (Å²) in [5, 5.41) is 2.62. The van der Waals surface area contributed by atoms with E-state index in [1.807, 2.05) is 13.8 Å². The zero-order chi connectivity index (χ0) is 21.6. The molecule has 3 atom stereocenters. The summed E-state index contributed by atoms with van der Waals surface area (Å²) in [4.78, 5) is 23.9. The molecule has 3 unspecified atom stereocenters. The number of hydrogen-bond donors (Lipinski definition) is 1.